The molecule has 9 heteroatoms. The molecule has 1 saturated heterocycles. The van der Waals surface area contributed by atoms with Gasteiger partial charge in [-0.25, -0.2) is 19.2 Å². The van der Waals surface area contributed by atoms with Gasteiger partial charge in [-0.15, -0.1) is 0 Å². The summed E-state index contributed by atoms with van der Waals surface area (Å²) < 4.78 is 27.4. The van der Waals surface area contributed by atoms with E-state index in [1.165, 1.54) is 4.90 Å². The maximum Gasteiger partial charge on any atom is 0.410 e. The fourth-order valence-electron chi connectivity index (χ4n) is 3.63. The summed E-state index contributed by atoms with van der Waals surface area (Å²) in [5.41, 5.74) is 1.63. The molecular formula is C23H28FN5O3. The van der Waals surface area contributed by atoms with Crippen molar-refractivity contribution in [2.24, 2.45) is 0 Å². The van der Waals surface area contributed by atoms with Crippen molar-refractivity contribution in [3.8, 4) is 17.1 Å². The van der Waals surface area contributed by atoms with Gasteiger partial charge < -0.3 is 19.7 Å². The summed E-state index contributed by atoms with van der Waals surface area (Å²) in [5, 5.41) is 3.13. The molecule has 2 atom stereocenters. The van der Waals surface area contributed by atoms with Crippen LogP contribution in [0.25, 0.3) is 17.0 Å². The van der Waals surface area contributed by atoms with Crippen molar-refractivity contribution in [1.29, 1.82) is 0 Å². The van der Waals surface area contributed by atoms with Gasteiger partial charge in [-0.05, 0) is 45.9 Å². The number of anilines is 1. The summed E-state index contributed by atoms with van der Waals surface area (Å²) in [6.07, 6.45) is 1.90. The summed E-state index contributed by atoms with van der Waals surface area (Å²) in [4.78, 5) is 22.8. The first kappa shape index (κ1) is 21.9. The number of amides is 1. The number of hydrogen-bond donors (Lipinski definition) is 1. The molecule has 0 spiro atoms. The topological polar surface area (TPSA) is 81.0 Å². The molecule has 0 bridgehead atoms. The number of pyridine rings is 2. The van der Waals surface area contributed by atoms with E-state index in [-0.39, 0.29) is 13.1 Å². The predicted molar refractivity (Wildman–Crippen MR) is 120 cm³/mol. The Morgan fingerprint density at radius 3 is 2.84 bits per heavy atom. The maximum absolute atomic E-state index is 14.6. The van der Waals surface area contributed by atoms with Crippen LogP contribution < -0.4 is 10.1 Å². The number of carbonyl (C=O) groups is 1. The molecule has 1 aliphatic heterocycles. The van der Waals surface area contributed by atoms with Crippen molar-refractivity contribution in [3.63, 3.8) is 0 Å². The highest BCUT2D eigenvalue weighted by molar-refractivity contribution is 5.69. The fourth-order valence-corrected chi connectivity index (χ4v) is 3.63. The van der Waals surface area contributed by atoms with E-state index in [0.29, 0.717) is 18.1 Å². The number of nitrogens with zero attached hydrogens (tertiary/aromatic N) is 4. The zero-order chi connectivity index (χ0) is 22.9. The molecule has 1 aliphatic rings. The molecule has 4 rings (SSSR count). The number of imidazole rings is 1. The van der Waals surface area contributed by atoms with Crippen molar-refractivity contribution < 1.29 is 18.7 Å². The van der Waals surface area contributed by atoms with E-state index in [2.05, 4.69) is 15.3 Å². The van der Waals surface area contributed by atoms with Gasteiger partial charge in [0.2, 0.25) is 0 Å². The van der Waals surface area contributed by atoms with Gasteiger partial charge in [0.15, 0.2) is 0 Å². The maximum atomic E-state index is 14.6. The second-order valence-electron chi connectivity index (χ2n) is 8.73. The van der Waals surface area contributed by atoms with Crippen LogP contribution in [0.2, 0.25) is 0 Å². The highest BCUT2D eigenvalue weighted by Gasteiger charge is 2.37. The molecule has 3 aromatic heterocycles. The van der Waals surface area contributed by atoms with Crippen LogP contribution in [0.4, 0.5) is 15.0 Å². The van der Waals surface area contributed by atoms with E-state index in [9.17, 15) is 9.18 Å². The number of alkyl halides is 1. The summed E-state index contributed by atoms with van der Waals surface area (Å²) in [7, 11) is 0. The summed E-state index contributed by atoms with van der Waals surface area (Å²) in [5.74, 6) is 1.28. The smallest absolute Gasteiger partial charge is 0.410 e. The minimum absolute atomic E-state index is 0.0122. The van der Waals surface area contributed by atoms with E-state index in [1.54, 1.807) is 33.0 Å². The lowest BCUT2D eigenvalue weighted by Gasteiger charge is -2.24. The van der Waals surface area contributed by atoms with Gasteiger partial charge in [0.25, 0.3) is 0 Å². The second kappa shape index (κ2) is 8.64. The molecule has 1 fully saturated rings. The highest BCUT2D eigenvalue weighted by atomic mass is 19.1. The van der Waals surface area contributed by atoms with E-state index >= 15 is 0 Å². The molecule has 170 valence electrons. The number of fused-ring (bicyclic) bond motifs is 1. The zero-order valence-corrected chi connectivity index (χ0v) is 18.7. The molecule has 3 aromatic rings. The lowest BCUT2D eigenvalue weighted by molar-refractivity contribution is 0.0283. The first-order valence-electron chi connectivity index (χ1n) is 10.7. The van der Waals surface area contributed by atoms with Crippen molar-refractivity contribution in [3.05, 3.63) is 42.7 Å². The molecule has 8 nitrogen and oxygen atoms in total. The lowest BCUT2D eigenvalue weighted by Crippen LogP contribution is -2.36. The monoisotopic (exact) mass is 441 g/mol. The van der Waals surface area contributed by atoms with E-state index < -0.39 is 23.9 Å². The molecule has 0 aliphatic carbocycles. The van der Waals surface area contributed by atoms with E-state index in [4.69, 9.17) is 9.47 Å². The molecule has 1 amide bonds. The standard InChI is InChI=1S/C23H28FN5O3/c1-5-31-15-9-10-29-19(12-25-21(29)11-15)17-7-6-8-20(26-17)27-18-14-28(13-16(18)24)22(30)32-23(2,3)4/h6-12,16,18H,5,13-14H2,1-4H3,(H,26,27)/t16-,18-/m0/s1. The average molecular weight is 442 g/mol. The average Bonchev–Trinajstić information content (AvgIpc) is 3.31. The molecule has 32 heavy (non-hydrogen) atoms. The molecule has 0 saturated carbocycles. The number of aromatic nitrogens is 3. The first-order chi connectivity index (χ1) is 15.2. The van der Waals surface area contributed by atoms with Gasteiger partial charge in [-0.2, -0.15) is 0 Å². The Hall–Kier alpha value is -3.36. The Balaban J connectivity index is 1.49. The number of nitrogens with one attached hydrogen (secondary N) is 1. The van der Waals surface area contributed by atoms with Gasteiger partial charge in [0.05, 0.1) is 36.8 Å². The normalized spacial score (nSPS) is 18.7. The number of hydrogen-bond acceptors (Lipinski definition) is 6. The second-order valence-corrected chi connectivity index (χ2v) is 8.73. The van der Waals surface area contributed by atoms with Gasteiger partial charge in [0.1, 0.15) is 29.0 Å². The third-order valence-corrected chi connectivity index (χ3v) is 5.04. The van der Waals surface area contributed by atoms with E-state index in [1.807, 2.05) is 41.8 Å². The molecule has 0 radical (unpaired) electrons. The van der Waals surface area contributed by atoms with Gasteiger partial charge in [0, 0.05) is 18.8 Å². The SMILES string of the molecule is CCOc1ccn2c(-c3cccc(N[C@H]4CN(C(=O)OC(C)(C)C)C[C@@H]4F)n3)cnc2c1. The number of carbonyl (C=O) groups excluding carboxylic acids is 1. The van der Waals surface area contributed by atoms with Crippen molar-refractivity contribution in [2.75, 3.05) is 25.0 Å². The number of likely N-dealkylation sites (tertiary alicyclic amines) is 1. The van der Waals surface area contributed by atoms with Crippen LogP contribution in [-0.4, -0.2) is 62.9 Å². The molecule has 1 N–H and O–H groups in total. The number of ether oxygens (including phenoxy) is 2. The fraction of sp³-hybridized carbons (Fsp3) is 0.435. The van der Waals surface area contributed by atoms with Crippen LogP contribution in [0, 0.1) is 0 Å². The quantitative estimate of drug-likeness (QED) is 0.640. The molecule has 4 heterocycles. The predicted octanol–water partition coefficient (Wildman–Crippen LogP) is 4.16. The lowest BCUT2D eigenvalue weighted by atomic mass is 10.2. The third-order valence-electron chi connectivity index (χ3n) is 5.04. The Morgan fingerprint density at radius 1 is 1.28 bits per heavy atom. The van der Waals surface area contributed by atoms with Crippen molar-refractivity contribution in [1.82, 2.24) is 19.3 Å². The Kier molecular flexibility index (Phi) is 5.90. The largest absolute Gasteiger partial charge is 0.494 e. The summed E-state index contributed by atoms with van der Waals surface area (Å²) in [6, 6.07) is 8.68. The van der Waals surface area contributed by atoms with Crippen LogP contribution in [0.15, 0.2) is 42.7 Å². The minimum atomic E-state index is -1.22. The minimum Gasteiger partial charge on any atom is -0.494 e. The van der Waals surface area contributed by atoms with Crippen LogP contribution >= 0.6 is 0 Å². The van der Waals surface area contributed by atoms with Crippen molar-refractivity contribution >= 4 is 17.6 Å². The van der Waals surface area contributed by atoms with Crippen LogP contribution in [0.3, 0.4) is 0 Å². The van der Waals surface area contributed by atoms with Crippen LogP contribution in [0.5, 0.6) is 5.75 Å². The van der Waals surface area contributed by atoms with Gasteiger partial charge >= 0.3 is 6.09 Å². The highest BCUT2D eigenvalue weighted by Crippen LogP contribution is 2.25. The van der Waals surface area contributed by atoms with Gasteiger partial charge in [-0.3, -0.25) is 4.40 Å². The Labute approximate surface area is 186 Å². The number of rotatable bonds is 5. The third kappa shape index (κ3) is 4.76. The zero-order valence-electron chi connectivity index (χ0n) is 18.7. The Morgan fingerprint density at radius 2 is 2.09 bits per heavy atom. The van der Waals surface area contributed by atoms with Crippen LogP contribution in [0.1, 0.15) is 27.7 Å². The van der Waals surface area contributed by atoms with Crippen LogP contribution in [-0.2, 0) is 4.74 Å². The molecule has 0 unspecified atom stereocenters. The first-order valence-corrected chi connectivity index (χ1v) is 10.7. The summed E-state index contributed by atoms with van der Waals surface area (Å²) >= 11 is 0. The van der Waals surface area contributed by atoms with Gasteiger partial charge in [-0.1, -0.05) is 6.07 Å². The molecule has 0 aromatic carbocycles. The van der Waals surface area contributed by atoms with Crippen molar-refractivity contribution in [2.45, 2.75) is 45.5 Å². The summed E-state index contributed by atoms with van der Waals surface area (Å²) in [6.45, 7) is 8.08. The Bertz CT molecular complexity index is 1110. The molecular weight excluding hydrogens is 413 g/mol. The number of halogens is 1. The van der Waals surface area contributed by atoms with E-state index in [0.717, 1.165) is 17.1 Å².